The first-order chi connectivity index (χ1) is 10.7. The third-order valence-corrected chi connectivity index (χ3v) is 3.50. The van der Waals surface area contributed by atoms with Gasteiger partial charge in [0.15, 0.2) is 0 Å². The fourth-order valence-corrected chi connectivity index (χ4v) is 2.33. The van der Waals surface area contributed by atoms with E-state index in [-0.39, 0.29) is 5.69 Å². The number of nitrogens with one attached hydrogen (secondary N) is 1. The summed E-state index contributed by atoms with van der Waals surface area (Å²) >= 11 is 0. The molecule has 0 saturated carbocycles. The maximum Gasteiger partial charge on any atom is 0.293 e. The van der Waals surface area contributed by atoms with Gasteiger partial charge < -0.3 is 9.30 Å². The maximum absolute atomic E-state index is 11.5. The van der Waals surface area contributed by atoms with Gasteiger partial charge in [0.25, 0.3) is 5.91 Å². The van der Waals surface area contributed by atoms with Crippen LogP contribution in [0, 0.1) is 0 Å². The molecule has 22 heavy (non-hydrogen) atoms. The number of ether oxygens (including phenoxy) is 1. The highest BCUT2D eigenvalue weighted by Crippen LogP contribution is 2.19. The van der Waals surface area contributed by atoms with E-state index in [1.165, 1.54) is 0 Å². The van der Waals surface area contributed by atoms with Gasteiger partial charge in [-0.2, -0.15) is 0 Å². The molecule has 0 aliphatic carbocycles. The van der Waals surface area contributed by atoms with Gasteiger partial charge in [0, 0.05) is 24.3 Å². The summed E-state index contributed by atoms with van der Waals surface area (Å²) in [5, 5.41) is 9.64. The van der Waals surface area contributed by atoms with Crippen LogP contribution in [0.4, 0.5) is 0 Å². The summed E-state index contributed by atoms with van der Waals surface area (Å²) in [5.74, 6) is 0.186. The van der Waals surface area contributed by atoms with E-state index in [0.717, 1.165) is 22.2 Å². The Morgan fingerprint density at radius 2 is 2.09 bits per heavy atom. The Kier molecular flexibility index (Phi) is 3.76. The van der Waals surface area contributed by atoms with Crippen LogP contribution in [0.3, 0.4) is 0 Å². The van der Waals surface area contributed by atoms with Gasteiger partial charge in [0.05, 0.1) is 12.6 Å². The standard InChI is InChI=1S/C16H15N3O3/c1-22-13-4-2-11(3-5-13)10-19-7-6-12-9-17-14(8-15(12)19)16(20)18-21/h2-9,21H,10H2,1H3,(H,18,20). The van der Waals surface area contributed by atoms with Crippen molar-refractivity contribution in [1.82, 2.24) is 15.0 Å². The van der Waals surface area contributed by atoms with Crippen LogP contribution in [0.15, 0.2) is 48.8 Å². The van der Waals surface area contributed by atoms with Crippen molar-refractivity contribution < 1.29 is 14.7 Å². The van der Waals surface area contributed by atoms with Gasteiger partial charge in [-0.15, -0.1) is 0 Å². The molecular weight excluding hydrogens is 282 g/mol. The van der Waals surface area contributed by atoms with E-state index in [1.54, 1.807) is 24.9 Å². The molecule has 0 aliphatic heterocycles. The maximum atomic E-state index is 11.5. The number of carbonyl (C=O) groups excluding carboxylic acids is 1. The molecule has 0 bridgehead atoms. The van der Waals surface area contributed by atoms with Gasteiger partial charge in [0.2, 0.25) is 0 Å². The number of hydroxylamine groups is 1. The van der Waals surface area contributed by atoms with Crippen LogP contribution in [-0.4, -0.2) is 27.8 Å². The average molecular weight is 297 g/mol. The molecule has 2 aromatic heterocycles. The van der Waals surface area contributed by atoms with Gasteiger partial charge in [-0.1, -0.05) is 12.1 Å². The molecule has 2 heterocycles. The number of benzene rings is 1. The summed E-state index contributed by atoms with van der Waals surface area (Å²) in [5.41, 5.74) is 3.76. The predicted molar refractivity (Wildman–Crippen MR) is 81.1 cm³/mol. The third kappa shape index (κ3) is 2.64. The van der Waals surface area contributed by atoms with Gasteiger partial charge in [-0.3, -0.25) is 15.0 Å². The molecule has 0 saturated heterocycles. The number of hydrogen-bond acceptors (Lipinski definition) is 4. The number of pyridine rings is 1. The van der Waals surface area contributed by atoms with E-state index in [2.05, 4.69) is 4.98 Å². The normalized spacial score (nSPS) is 10.6. The highest BCUT2D eigenvalue weighted by molar-refractivity contribution is 5.95. The van der Waals surface area contributed by atoms with Gasteiger partial charge in [-0.25, -0.2) is 5.48 Å². The average Bonchev–Trinajstić information content (AvgIpc) is 2.97. The molecule has 6 nitrogen and oxygen atoms in total. The van der Waals surface area contributed by atoms with Crippen LogP contribution < -0.4 is 10.2 Å². The summed E-state index contributed by atoms with van der Waals surface area (Å²) in [6, 6.07) is 11.4. The van der Waals surface area contributed by atoms with Gasteiger partial charge >= 0.3 is 0 Å². The van der Waals surface area contributed by atoms with Crippen molar-refractivity contribution in [3.8, 4) is 5.75 Å². The molecule has 0 unspecified atom stereocenters. The second-order valence-electron chi connectivity index (χ2n) is 4.86. The number of rotatable bonds is 4. The van der Waals surface area contributed by atoms with Crippen molar-refractivity contribution in [3.05, 3.63) is 60.0 Å². The molecule has 1 amide bonds. The summed E-state index contributed by atoms with van der Waals surface area (Å²) in [6.45, 7) is 0.664. The van der Waals surface area contributed by atoms with E-state index >= 15 is 0 Å². The van der Waals surface area contributed by atoms with Crippen LogP contribution in [-0.2, 0) is 6.54 Å². The molecule has 0 spiro atoms. The largest absolute Gasteiger partial charge is 0.497 e. The lowest BCUT2D eigenvalue weighted by Crippen LogP contribution is -2.19. The fraction of sp³-hybridized carbons (Fsp3) is 0.125. The Labute approximate surface area is 126 Å². The van der Waals surface area contributed by atoms with Crippen LogP contribution in [0.5, 0.6) is 5.75 Å². The minimum Gasteiger partial charge on any atom is -0.497 e. The molecule has 3 rings (SSSR count). The first-order valence-corrected chi connectivity index (χ1v) is 6.73. The Bertz CT molecular complexity index is 809. The summed E-state index contributed by atoms with van der Waals surface area (Å²) < 4.78 is 7.17. The van der Waals surface area contributed by atoms with Crippen LogP contribution >= 0.6 is 0 Å². The number of fused-ring (bicyclic) bond motifs is 1. The van der Waals surface area contributed by atoms with Crippen molar-refractivity contribution in [2.24, 2.45) is 0 Å². The summed E-state index contributed by atoms with van der Waals surface area (Å²) in [4.78, 5) is 15.5. The van der Waals surface area contributed by atoms with Crippen molar-refractivity contribution >= 4 is 16.8 Å². The molecule has 112 valence electrons. The lowest BCUT2D eigenvalue weighted by molar-refractivity contribution is 0.0701. The molecule has 0 fully saturated rings. The highest BCUT2D eigenvalue weighted by Gasteiger charge is 2.09. The van der Waals surface area contributed by atoms with E-state index in [1.807, 2.05) is 41.1 Å². The van der Waals surface area contributed by atoms with Crippen LogP contribution in [0.25, 0.3) is 10.9 Å². The zero-order valence-electron chi connectivity index (χ0n) is 12.0. The Hall–Kier alpha value is -2.86. The second-order valence-corrected chi connectivity index (χ2v) is 4.86. The van der Waals surface area contributed by atoms with E-state index in [4.69, 9.17) is 9.94 Å². The van der Waals surface area contributed by atoms with Crippen LogP contribution in [0.2, 0.25) is 0 Å². The van der Waals surface area contributed by atoms with Gasteiger partial charge in [-0.05, 0) is 29.8 Å². The van der Waals surface area contributed by atoms with Crippen molar-refractivity contribution in [1.29, 1.82) is 0 Å². The SMILES string of the molecule is COc1ccc(Cn2ccc3cnc(C(=O)NO)cc32)cc1. The van der Waals surface area contributed by atoms with E-state index in [0.29, 0.717) is 6.54 Å². The number of nitrogens with zero attached hydrogens (tertiary/aromatic N) is 2. The number of methoxy groups -OCH3 is 1. The molecule has 2 N–H and O–H groups in total. The minimum atomic E-state index is -0.626. The quantitative estimate of drug-likeness (QED) is 0.572. The topological polar surface area (TPSA) is 76.4 Å². The first-order valence-electron chi connectivity index (χ1n) is 6.73. The zero-order chi connectivity index (χ0) is 15.5. The second kappa shape index (κ2) is 5.87. The molecule has 0 radical (unpaired) electrons. The lowest BCUT2D eigenvalue weighted by Gasteiger charge is -2.07. The van der Waals surface area contributed by atoms with E-state index in [9.17, 15) is 4.79 Å². The molecular formula is C16H15N3O3. The number of hydrogen-bond donors (Lipinski definition) is 2. The predicted octanol–water partition coefficient (Wildman–Crippen LogP) is 2.21. The summed E-state index contributed by atoms with van der Waals surface area (Å²) in [7, 11) is 1.63. The van der Waals surface area contributed by atoms with Gasteiger partial charge in [0.1, 0.15) is 11.4 Å². The number of carbonyl (C=O) groups is 1. The number of amides is 1. The Morgan fingerprint density at radius 1 is 1.32 bits per heavy atom. The molecule has 3 aromatic rings. The summed E-state index contributed by atoms with van der Waals surface area (Å²) in [6.07, 6.45) is 3.56. The zero-order valence-corrected chi connectivity index (χ0v) is 12.0. The monoisotopic (exact) mass is 297 g/mol. The van der Waals surface area contributed by atoms with Crippen LogP contribution in [0.1, 0.15) is 16.1 Å². The minimum absolute atomic E-state index is 0.171. The first kappa shape index (κ1) is 14.1. The smallest absolute Gasteiger partial charge is 0.293 e. The Balaban J connectivity index is 1.94. The van der Waals surface area contributed by atoms with Crippen molar-refractivity contribution in [3.63, 3.8) is 0 Å². The number of aromatic nitrogens is 2. The third-order valence-electron chi connectivity index (χ3n) is 3.50. The fourth-order valence-electron chi connectivity index (χ4n) is 2.33. The van der Waals surface area contributed by atoms with E-state index < -0.39 is 5.91 Å². The molecule has 0 aliphatic rings. The molecule has 0 atom stereocenters. The molecule has 1 aromatic carbocycles. The lowest BCUT2D eigenvalue weighted by atomic mass is 10.2. The van der Waals surface area contributed by atoms with Crippen molar-refractivity contribution in [2.45, 2.75) is 6.54 Å². The molecule has 6 heteroatoms. The van der Waals surface area contributed by atoms with Crippen molar-refractivity contribution in [2.75, 3.05) is 7.11 Å². The Morgan fingerprint density at radius 3 is 2.77 bits per heavy atom. The highest BCUT2D eigenvalue weighted by atomic mass is 16.5.